The Morgan fingerprint density at radius 3 is 2.30 bits per heavy atom. The van der Waals surface area contributed by atoms with E-state index in [4.69, 9.17) is 0 Å². The molecule has 0 aliphatic heterocycles. The molecule has 1 heterocycles. The third-order valence-corrected chi connectivity index (χ3v) is 4.45. The van der Waals surface area contributed by atoms with E-state index in [0.717, 1.165) is 13.0 Å². The van der Waals surface area contributed by atoms with Gasteiger partial charge in [-0.1, -0.05) is 19.1 Å². The van der Waals surface area contributed by atoms with Gasteiger partial charge in [0.05, 0.1) is 6.04 Å². The molecule has 108 valence electrons. The van der Waals surface area contributed by atoms with E-state index >= 15 is 0 Å². The zero-order valence-electron chi connectivity index (χ0n) is 12.8. The van der Waals surface area contributed by atoms with E-state index in [1.807, 2.05) is 11.3 Å². The number of benzene rings is 1. The van der Waals surface area contributed by atoms with Gasteiger partial charge in [0.15, 0.2) is 0 Å². The van der Waals surface area contributed by atoms with Crippen LogP contribution in [0.25, 0.3) is 0 Å². The molecule has 0 saturated heterocycles. The minimum atomic E-state index is 0.310. The highest BCUT2D eigenvalue weighted by Gasteiger charge is 2.15. The third-order valence-electron chi connectivity index (χ3n) is 3.39. The van der Waals surface area contributed by atoms with Crippen LogP contribution in [0, 0.1) is 6.92 Å². The summed E-state index contributed by atoms with van der Waals surface area (Å²) in [6, 6.07) is 13.6. The molecule has 0 saturated carbocycles. The van der Waals surface area contributed by atoms with Crippen molar-refractivity contribution in [1.29, 1.82) is 0 Å². The normalized spacial score (nSPS) is 12.4. The summed E-state index contributed by atoms with van der Waals surface area (Å²) >= 11 is 1.88. The van der Waals surface area contributed by atoms with Crippen LogP contribution in [0.4, 0.5) is 5.69 Å². The molecule has 0 amide bonds. The largest absolute Gasteiger partial charge is 0.378 e. The average molecular weight is 288 g/mol. The molecule has 0 aliphatic rings. The second-order valence-corrected chi connectivity index (χ2v) is 6.64. The number of rotatable bonds is 6. The zero-order valence-corrected chi connectivity index (χ0v) is 13.6. The van der Waals surface area contributed by atoms with Gasteiger partial charge in [0.1, 0.15) is 0 Å². The molecule has 1 aromatic carbocycles. The molecule has 1 N–H and O–H groups in total. The molecule has 0 aliphatic carbocycles. The first-order valence-corrected chi connectivity index (χ1v) is 8.00. The number of thiophene rings is 1. The molecule has 2 rings (SSSR count). The maximum absolute atomic E-state index is 3.66. The molecule has 3 heteroatoms. The van der Waals surface area contributed by atoms with Crippen molar-refractivity contribution in [3.05, 3.63) is 51.7 Å². The minimum absolute atomic E-state index is 0.310. The molecule has 0 radical (unpaired) electrons. The predicted octanol–water partition coefficient (Wildman–Crippen LogP) is 4.21. The lowest BCUT2D eigenvalue weighted by molar-refractivity contribution is 0.606. The van der Waals surface area contributed by atoms with Gasteiger partial charge in [-0.05, 0) is 49.7 Å². The van der Waals surface area contributed by atoms with Crippen molar-refractivity contribution in [2.45, 2.75) is 26.3 Å². The summed E-state index contributed by atoms with van der Waals surface area (Å²) in [5, 5.41) is 3.66. The fourth-order valence-electron chi connectivity index (χ4n) is 2.24. The lowest BCUT2D eigenvalue weighted by Gasteiger charge is -2.19. The van der Waals surface area contributed by atoms with E-state index in [1.165, 1.54) is 21.0 Å². The monoisotopic (exact) mass is 288 g/mol. The third kappa shape index (κ3) is 3.62. The Balaban J connectivity index is 2.26. The highest BCUT2D eigenvalue weighted by molar-refractivity contribution is 7.12. The Morgan fingerprint density at radius 1 is 1.10 bits per heavy atom. The van der Waals surface area contributed by atoms with E-state index < -0.39 is 0 Å². The topological polar surface area (TPSA) is 15.3 Å². The summed E-state index contributed by atoms with van der Waals surface area (Å²) in [6.45, 7) is 5.41. The second-order valence-electron chi connectivity index (χ2n) is 5.32. The van der Waals surface area contributed by atoms with Crippen LogP contribution in [0.1, 0.15) is 34.7 Å². The molecule has 1 aromatic heterocycles. The SMILES string of the molecule is CCCNC(c1ccc(N(C)C)cc1)c1ccc(C)s1. The fraction of sp³-hybridized carbons (Fsp3) is 0.412. The van der Waals surface area contributed by atoms with E-state index in [2.05, 4.69) is 74.6 Å². The molecule has 20 heavy (non-hydrogen) atoms. The van der Waals surface area contributed by atoms with E-state index in [9.17, 15) is 0 Å². The van der Waals surface area contributed by atoms with E-state index in [0.29, 0.717) is 6.04 Å². The predicted molar refractivity (Wildman–Crippen MR) is 90.0 cm³/mol. The van der Waals surface area contributed by atoms with Crippen LogP contribution in [-0.4, -0.2) is 20.6 Å². The van der Waals surface area contributed by atoms with Crippen molar-refractivity contribution in [3.8, 4) is 0 Å². The van der Waals surface area contributed by atoms with Crippen LogP contribution in [0.3, 0.4) is 0 Å². The Kier molecular flexibility index (Phi) is 5.21. The maximum atomic E-state index is 3.66. The highest BCUT2D eigenvalue weighted by Crippen LogP contribution is 2.29. The van der Waals surface area contributed by atoms with Gasteiger partial charge in [0.2, 0.25) is 0 Å². The van der Waals surface area contributed by atoms with Crippen LogP contribution in [0.5, 0.6) is 0 Å². The first kappa shape index (κ1) is 15.1. The van der Waals surface area contributed by atoms with Gasteiger partial charge in [0, 0.05) is 29.5 Å². The van der Waals surface area contributed by atoms with Crippen LogP contribution in [0.15, 0.2) is 36.4 Å². The Labute approximate surface area is 126 Å². The Hall–Kier alpha value is -1.32. The lowest BCUT2D eigenvalue weighted by Crippen LogP contribution is -2.22. The summed E-state index contributed by atoms with van der Waals surface area (Å²) in [5.41, 5.74) is 2.58. The summed E-state index contributed by atoms with van der Waals surface area (Å²) < 4.78 is 0. The molecule has 1 unspecified atom stereocenters. The second kappa shape index (κ2) is 6.91. The van der Waals surface area contributed by atoms with E-state index in [1.54, 1.807) is 0 Å². The summed E-state index contributed by atoms with van der Waals surface area (Å²) in [7, 11) is 4.15. The van der Waals surface area contributed by atoms with Crippen LogP contribution in [-0.2, 0) is 0 Å². The van der Waals surface area contributed by atoms with Gasteiger partial charge in [-0.15, -0.1) is 11.3 Å². The molecule has 0 spiro atoms. The summed E-state index contributed by atoms with van der Waals surface area (Å²) in [4.78, 5) is 4.90. The first-order valence-electron chi connectivity index (χ1n) is 7.19. The Morgan fingerprint density at radius 2 is 1.80 bits per heavy atom. The van der Waals surface area contributed by atoms with Gasteiger partial charge < -0.3 is 10.2 Å². The molecule has 0 fully saturated rings. The van der Waals surface area contributed by atoms with Gasteiger partial charge in [-0.3, -0.25) is 0 Å². The van der Waals surface area contributed by atoms with Gasteiger partial charge in [0.25, 0.3) is 0 Å². The molecule has 0 bridgehead atoms. The fourth-order valence-corrected chi connectivity index (χ4v) is 3.23. The number of nitrogens with one attached hydrogen (secondary N) is 1. The summed E-state index contributed by atoms with van der Waals surface area (Å²) in [6.07, 6.45) is 1.15. The quantitative estimate of drug-likeness (QED) is 0.856. The standard InChI is InChI=1S/C17H24N2S/c1-5-12-18-17(16-11-6-13(2)20-16)14-7-9-15(10-8-14)19(3)4/h6-11,17-18H,5,12H2,1-4H3. The number of hydrogen-bond acceptors (Lipinski definition) is 3. The van der Waals surface area contributed by atoms with Gasteiger partial charge >= 0.3 is 0 Å². The van der Waals surface area contributed by atoms with Crippen molar-refractivity contribution < 1.29 is 0 Å². The van der Waals surface area contributed by atoms with Crippen LogP contribution >= 0.6 is 11.3 Å². The van der Waals surface area contributed by atoms with E-state index in [-0.39, 0.29) is 0 Å². The van der Waals surface area contributed by atoms with Gasteiger partial charge in [-0.25, -0.2) is 0 Å². The van der Waals surface area contributed by atoms with Crippen molar-refractivity contribution in [3.63, 3.8) is 0 Å². The zero-order chi connectivity index (χ0) is 14.5. The molecule has 2 aromatic rings. The van der Waals surface area contributed by atoms with Crippen molar-refractivity contribution in [1.82, 2.24) is 5.32 Å². The molecule has 1 atom stereocenters. The molecule has 2 nitrogen and oxygen atoms in total. The van der Waals surface area contributed by atoms with Crippen LogP contribution < -0.4 is 10.2 Å². The first-order chi connectivity index (χ1) is 9.61. The number of hydrogen-bond donors (Lipinski definition) is 1. The van der Waals surface area contributed by atoms with Gasteiger partial charge in [-0.2, -0.15) is 0 Å². The van der Waals surface area contributed by atoms with Crippen molar-refractivity contribution >= 4 is 17.0 Å². The summed E-state index contributed by atoms with van der Waals surface area (Å²) in [5.74, 6) is 0. The lowest BCUT2D eigenvalue weighted by atomic mass is 10.0. The average Bonchev–Trinajstić information content (AvgIpc) is 2.86. The molecular formula is C17H24N2S. The van der Waals surface area contributed by atoms with Crippen LogP contribution in [0.2, 0.25) is 0 Å². The highest BCUT2D eigenvalue weighted by atomic mass is 32.1. The van der Waals surface area contributed by atoms with Crippen molar-refractivity contribution in [2.24, 2.45) is 0 Å². The maximum Gasteiger partial charge on any atom is 0.0671 e. The number of anilines is 1. The molecular weight excluding hydrogens is 264 g/mol. The minimum Gasteiger partial charge on any atom is -0.378 e. The van der Waals surface area contributed by atoms with Crippen molar-refractivity contribution in [2.75, 3.05) is 25.5 Å². The number of aryl methyl sites for hydroxylation is 1. The Bertz CT molecular complexity index is 528. The smallest absolute Gasteiger partial charge is 0.0671 e. The number of nitrogens with zero attached hydrogens (tertiary/aromatic N) is 1.